The Balaban J connectivity index is 2.54. The van der Waals surface area contributed by atoms with Gasteiger partial charge in [-0.15, -0.1) is 0 Å². The molecule has 0 bridgehead atoms. The van der Waals surface area contributed by atoms with Gasteiger partial charge in [0.2, 0.25) is 0 Å². The summed E-state index contributed by atoms with van der Waals surface area (Å²) in [6.45, 7) is 1.65. The maximum Gasteiger partial charge on any atom is 0.340 e. The summed E-state index contributed by atoms with van der Waals surface area (Å²) in [7, 11) is 0. The molecule has 0 saturated heterocycles. The molecule has 0 atom stereocenters. The van der Waals surface area contributed by atoms with E-state index in [1.165, 1.54) is 10.9 Å². The maximum atomic E-state index is 11.0. The van der Waals surface area contributed by atoms with Gasteiger partial charge in [0.05, 0.1) is 5.69 Å². The van der Waals surface area contributed by atoms with E-state index in [4.69, 9.17) is 5.11 Å². The Kier molecular flexibility index (Phi) is 2.93. The second-order valence-electron chi connectivity index (χ2n) is 3.35. The Labute approximate surface area is 98.5 Å². The van der Waals surface area contributed by atoms with Crippen molar-refractivity contribution in [3.8, 4) is 17.5 Å². The number of aromatic carboxylic acids is 1. The van der Waals surface area contributed by atoms with E-state index in [0.717, 1.165) is 5.69 Å². The van der Waals surface area contributed by atoms with Crippen LogP contribution in [0.25, 0.3) is 5.69 Å². The average molecular weight is 226 g/mol. The van der Waals surface area contributed by atoms with E-state index in [9.17, 15) is 4.79 Å². The van der Waals surface area contributed by atoms with Gasteiger partial charge in [0.25, 0.3) is 0 Å². The molecule has 1 aromatic carbocycles. The number of rotatable bonds is 2. The number of para-hydroxylation sites is 1. The Morgan fingerprint density at radius 3 is 2.65 bits per heavy atom. The van der Waals surface area contributed by atoms with Crippen LogP contribution in [0, 0.1) is 11.8 Å². The Morgan fingerprint density at radius 1 is 1.35 bits per heavy atom. The van der Waals surface area contributed by atoms with Gasteiger partial charge in [0.15, 0.2) is 0 Å². The number of aromatic nitrogens is 2. The molecular formula is C13H10N2O2. The molecule has 4 heteroatoms. The lowest BCUT2D eigenvalue weighted by Gasteiger charge is -1.98. The predicted molar refractivity (Wildman–Crippen MR) is 63.1 cm³/mol. The fourth-order valence-electron chi connectivity index (χ4n) is 1.45. The van der Waals surface area contributed by atoms with Gasteiger partial charge in [-0.2, -0.15) is 5.10 Å². The molecule has 1 N–H and O–H groups in total. The minimum atomic E-state index is -1.02. The second kappa shape index (κ2) is 4.54. The lowest BCUT2D eigenvalue weighted by molar-refractivity contribution is 0.0696. The smallest absolute Gasteiger partial charge is 0.340 e. The summed E-state index contributed by atoms with van der Waals surface area (Å²) in [6.07, 6.45) is 1.47. The monoisotopic (exact) mass is 226 g/mol. The van der Waals surface area contributed by atoms with Gasteiger partial charge >= 0.3 is 5.97 Å². The van der Waals surface area contributed by atoms with Gasteiger partial charge < -0.3 is 5.11 Å². The molecule has 2 rings (SSSR count). The van der Waals surface area contributed by atoms with Crippen molar-refractivity contribution < 1.29 is 9.90 Å². The van der Waals surface area contributed by atoms with Crippen molar-refractivity contribution in [3.63, 3.8) is 0 Å². The van der Waals surface area contributed by atoms with Crippen LogP contribution in [0.15, 0.2) is 36.5 Å². The van der Waals surface area contributed by atoms with E-state index >= 15 is 0 Å². The molecule has 0 unspecified atom stereocenters. The first-order valence-corrected chi connectivity index (χ1v) is 5.03. The van der Waals surface area contributed by atoms with Crippen LogP contribution in [0.4, 0.5) is 0 Å². The molecule has 0 aliphatic rings. The van der Waals surface area contributed by atoms with Crippen molar-refractivity contribution in [2.45, 2.75) is 6.92 Å². The van der Waals surface area contributed by atoms with E-state index in [0.29, 0.717) is 0 Å². The van der Waals surface area contributed by atoms with Crippen molar-refractivity contribution in [2.24, 2.45) is 0 Å². The third-order valence-corrected chi connectivity index (χ3v) is 2.21. The molecule has 1 aromatic heterocycles. The van der Waals surface area contributed by atoms with Crippen molar-refractivity contribution in [2.75, 3.05) is 0 Å². The molecule has 2 aromatic rings. The minimum Gasteiger partial charge on any atom is -0.478 e. The largest absolute Gasteiger partial charge is 0.478 e. The lowest BCUT2D eigenvalue weighted by atomic mass is 10.2. The van der Waals surface area contributed by atoms with Gasteiger partial charge in [-0.05, 0) is 25.0 Å². The normalized spacial score (nSPS) is 9.47. The van der Waals surface area contributed by atoms with Gasteiger partial charge in [0, 0.05) is 6.20 Å². The number of hydrogen-bond donors (Lipinski definition) is 1. The standard InChI is InChI=1S/C13H10N2O2/c1-2-6-12-11(13(16)17)9-15(14-12)10-7-4-3-5-8-10/h3-5,7-9H,1H3,(H,16,17). The molecule has 0 aliphatic carbocycles. The van der Waals surface area contributed by atoms with Crippen LogP contribution in [0.3, 0.4) is 0 Å². The van der Waals surface area contributed by atoms with Gasteiger partial charge in [-0.25, -0.2) is 9.48 Å². The summed E-state index contributed by atoms with van der Waals surface area (Å²) in [4.78, 5) is 11.0. The molecule has 0 spiro atoms. The zero-order valence-corrected chi connectivity index (χ0v) is 9.21. The molecule has 0 amide bonds. The fourth-order valence-corrected chi connectivity index (χ4v) is 1.45. The summed E-state index contributed by atoms with van der Waals surface area (Å²) in [5.74, 6) is 4.32. The number of hydrogen-bond acceptors (Lipinski definition) is 2. The topological polar surface area (TPSA) is 55.1 Å². The van der Waals surface area contributed by atoms with E-state index in [1.54, 1.807) is 6.92 Å². The molecular weight excluding hydrogens is 216 g/mol. The minimum absolute atomic E-state index is 0.114. The quantitative estimate of drug-likeness (QED) is 0.796. The second-order valence-corrected chi connectivity index (χ2v) is 3.35. The van der Waals surface area contributed by atoms with Crippen LogP contribution in [-0.2, 0) is 0 Å². The van der Waals surface area contributed by atoms with Gasteiger partial charge in [-0.3, -0.25) is 0 Å². The molecule has 0 fully saturated rings. The van der Waals surface area contributed by atoms with Crippen molar-refractivity contribution in [1.82, 2.24) is 9.78 Å². The molecule has 0 radical (unpaired) electrons. The highest BCUT2D eigenvalue weighted by atomic mass is 16.4. The number of carboxylic acid groups (broad SMARTS) is 1. The van der Waals surface area contributed by atoms with Crippen molar-refractivity contribution >= 4 is 5.97 Å². The third-order valence-electron chi connectivity index (χ3n) is 2.21. The highest BCUT2D eigenvalue weighted by Crippen LogP contribution is 2.11. The number of benzene rings is 1. The zero-order valence-electron chi connectivity index (χ0n) is 9.21. The van der Waals surface area contributed by atoms with Crippen LogP contribution in [-0.4, -0.2) is 20.9 Å². The Hall–Kier alpha value is -2.54. The maximum absolute atomic E-state index is 11.0. The van der Waals surface area contributed by atoms with E-state index in [-0.39, 0.29) is 11.3 Å². The molecule has 0 saturated carbocycles. The van der Waals surface area contributed by atoms with Gasteiger partial charge in [-0.1, -0.05) is 24.1 Å². The molecule has 1 heterocycles. The highest BCUT2D eigenvalue weighted by molar-refractivity contribution is 5.90. The first kappa shape index (κ1) is 11.0. The summed E-state index contributed by atoms with van der Waals surface area (Å²) in [5.41, 5.74) is 1.20. The fraction of sp³-hybridized carbons (Fsp3) is 0.0769. The van der Waals surface area contributed by atoms with E-state index in [1.807, 2.05) is 30.3 Å². The van der Waals surface area contributed by atoms with Crippen LogP contribution >= 0.6 is 0 Å². The lowest BCUT2D eigenvalue weighted by Crippen LogP contribution is -1.96. The summed E-state index contributed by atoms with van der Waals surface area (Å²) < 4.78 is 1.52. The van der Waals surface area contributed by atoms with Crippen molar-refractivity contribution in [3.05, 3.63) is 47.8 Å². The van der Waals surface area contributed by atoms with Crippen LogP contribution in [0.2, 0.25) is 0 Å². The summed E-state index contributed by atoms with van der Waals surface area (Å²) >= 11 is 0. The molecule has 17 heavy (non-hydrogen) atoms. The average Bonchev–Trinajstić information content (AvgIpc) is 2.75. The first-order valence-electron chi connectivity index (χ1n) is 5.03. The van der Waals surface area contributed by atoms with Crippen LogP contribution < -0.4 is 0 Å². The SMILES string of the molecule is CC#Cc1nn(-c2ccccc2)cc1C(=O)O. The molecule has 0 aliphatic heterocycles. The molecule has 84 valence electrons. The summed E-state index contributed by atoms with van der Waals surface area (Å²) in [6, 6.07) is 9.31. The number of carbonyl (C=O) groups is 1. The van der Waals surface area contributed by atoms with Crippen molar-refractivity contribution in [1.29, 1.82) is 0 Å². The predicted octanol–water partition coefficient (Wildman–Crippen LogP) is 1.94. The zero-order chi connectivity index (χ0) is 12.3. The first-order chi connectivity index (χ1) is 8.22. The third kappa shape index (κ3) is 2.18. The molecule has 4 nitrogen and oxygen atoms in total. The summed E-state index contributed by atoms with van der Waals surface area (Å²) in [5, 5.41) is 13.2. The van der Waals surface area contributed by atoms with Crippen LogP contribution in [0.5, 0.6) is 0 Å². The number of nitrogens with zero attached hydrogens (tertiary/aromatic N) is 2. The van der Waals surface area contributed by atoms with Crippen LogP contribution in [0.1, 0.15) is 23.0 Å². The Bertz CT molecular complexity index is 603. The Morgan fingerprint density at radius 2 is 2.06 bits per heavy atom. The van der Waals surface area contributed by atoms with E-state index < -0.39 is 5.97 Å². The van der Waals surface area contributed by atoms with Gasteiger partial charge in [0.1, 0.15) is 11.3 Å². The number of carboxylic acids is 1. The highest BCUT2D eigenvalue weighted by Gasteiger charge is 2.14. The van der Waals surface area contributed by atoms with E-state index in [2.05, 4.69) is 16.9 Å².